The first-order chi connectivity index (χ1) is 21.5. The summed E-state index contributed by atoms with van der Waals surface area (Å²) in [6, 6.07) is 13.1. The molecule has 2 atom stereocenters. The van der Waals surface area contributed by atoms with E-state index >= 15 is 0 Å². The summed E-state index contributed by atoms with van der Waals surface area (Å²) >= 11 is 0. The minimum absolute atomic E-state index is 0.0637. The van der Waals surface area contributed by atoms with E-state index in [1.807, 2.05) is 6.07 Å². The van der Waals surface area contributed by atoms with E-state index in [9.17, 15) is 19.2 Å². The number of carbonyl (C=O) groups excluding carboxylic acids is 4. The van der Waals surface area contributed by atoms with Crippen LogP contribution >= 0.6 is 0 Å². The highest BCUT2D eigenvalue weighted by Crippen LogP contribution is 2.33. The topological polar surface area (TPSA) is 121 Å². The summed E-state index contributed by atoms with van der Waals surface area (Å²) in [5.41, 5.74) is 3.67. The van der Waals surface area contributed by atoms with Crippen LogP contribution in [-0.2, 0) is 38.8 Å². The third kappa shape index (κ3) is 6.95. The molecule has 1 unspecified atom stereocenters. The van der Waals surface area contributed by atoms with E-state index in [1.165, 1.54) is 10.5 Å². The van der Waals surface area contributed by atoms with E-state index in [4.69, 9.17) is 9.47 Å². The summed E-state index contributed by atoms with van der Waals surface area (Å²) in [5, 5.41) is 5.47. The second kappa shape index (κ2) is 13.9. The average Bonchev–Trinajstić information content (AvgIpc) is 3.64. The van der Waals surface area contributed by atoms with E-state index in [0.29, 0.717) is 30.9 Å². The molecule has 11 heteroatoms. The van der Waals surface area contributed by atoms with Crippen LogP contribution in [0.2, 0.25) is 0 Å². The van der Waals surface area contributed by atoms with Crippen molar-refractivity contribution in [3.8, 4) is 5.75 Å². The SMILES string of the molecule is O=C1CCC(N2Cc3c(OCCCN4CCC[C@@H]4C(=O)NCc4ccc(CN5CCOCC5)cc4)cccc3C2=O)C(=O)N1. The van der Waals surface area contributed by atoms with Crippen LogP contribution in [0.25, 0.3) is 0 Å². The Kier molecular flexibility index (Phi) is 9.54. The van der Waals surface area contributed by atoms with Crippen molar-refractivity contribution in [3.63, 3.8) is 0 Å². The van der Waals surface area contributed by atoms with Crippen molar-refractivity contribution < 1.29 is 28.7 Å². The number of morpholine rings is 1. The zero-order valence-corrected chi connectivity index (χ0v) is 25.1. The molecular formula is C33H41N5O6. The molecular weight excluding hydrogens is 562 g/mol. The number of nitrogens with one attached hydrogen (secondary N) is 2. The Morgan fingerprint density at radius 2 is 1.80 bits per heavy atom. The van der Waals surface area contributed by atoms with Crippen molar-refractivity contribution in [2.75, 3.05) is 46.0 Å². The first kappa shape index (κ1) is 30.2. The number of likely N-dealkylation sites (tertiary alicyclic amines) is 1. The first-order valence-corrected chi connectivity index (χ1v) is 15.8. The fourth-order valence-electron chi connectivity index (χ4n) is 6.62. The molecule has 234 valence electrons. The highest BCUT2D eigenvalue weighted by molar-refractivity contribution is 6.05. The lowest BCUT2D eigenvalue weighted by Gasteiger charge is -2.29. The Morgan fingerprint density at radius 1 is 1.00 bits per heavy atom. The molecule has 0 saturated carbocycles. The van der Waals surface area contributed by atoms with E-state index in [1.54, 1.807) is 12.1 Å². The van der Waals surface area contributed by atoms with Crippen molar-refractivity contribution in [1.82, 2.24) is 25.3 Å². The number of nitrogens with zero attached hydrogens (tertiary/aromatic N) is 3. The lowest BCUT2D eigenvalue weighted by Crippen LogP contribution is -2.52. The molecule has 0 aliphatic carbocycles. The van der Waals surface area contributed by atoms with Gasteiger partial charge in [0, 0.05) is 50.3 Å². The van der Waals surface area contributed by atoms with Gasteiger partial charge < -0.3 is 19.7 Å². The van der Waals surface area contributed by atoms with Crippen LogP contribution in [0.15, 0.2) is 42.5 Å². The third-order valence-electron chi connectivity index (χ3n) is 9.05. The number of amides is 4. The van der Waals surface area contributed by atoms with Gasteiger partial charge in [-0.15, -0.1) is 0 Å². The molecule has 4 heterocycles. The van der Waals surface area contributed by atoms with Gasteiger partial charge in [0.05, 0.1) is 32.4 Å². The number of ether oxygens (including phenoxy) is 2. The quantitative estimate of drug-likeness (QED) is 0.295. The molecule has 4 aliphatic rings. The van der Waals surface area contributed by atoms with Gasteiger partial charge in [-0.1, -0.05) is 30.3 Å². The van der Waals surface area contributed by atoms with Crippen LogP contribution in [-0.4, -0.2) is 96.4 Å². The molecule has 2 aromatic carbocycles. The van der Waals surface area contributed by atoms with Gasteiger partial charge in [-0.05, 0) is 55.5 Å². The van der Waals surface area contributed by atoms with Gasteiger partial charge in [-0.2, -0.15) is 0 Å². The Labute approximate surface area is 257 Å². The summed E-state index contributed by atoms with van der Waals surface area (Å²) in [5.74, 6) is -0.241. The number of piperidine rings is 1. The summed E-state index contributed by atoms with van der Waals surface area (Å²) in [4.78, 5) is 56.2. The Morgan fingerprint density at radius 3 is 2.59 bits per heavy atom. The van der Waals surface area contributed by atoms with Crippen LogP contribution in [0.5, 0.6) is 5.75 Å². The molecule has 3 fully saturated rings. The number of carbonyl (C=O) groups is 4. The first-order valence-electron chi connectivity index (χ1n) is 15.8. The van der Waals surface area contributed by atoms with Crippen molar-refractivity contribution in [3.05, 3.63) is 64.7 Å². The largest absolute Gasteiger partial charge is 0.493 e. The summed E-state index contributed by atoms with van der Waals surface area (Å²) < 4.78 is 11.6. The molecule has 0 spiro atoms. The number of benzene rings is 2. The number of hydrogen-bond acceptors (Lipinski definition) is 8. The van der Waals surface area contributed by atoms with E-state index < -0.39 is 11.9 Å². The van der Waals surface area contributed by atoms with Crippen molar-refractivity contribution in [2.45, 2.75) is 63.8 Å². The molecule has 2 N–H and O–H groups in total. The molecule has 0 aromatic heterocycles. The zero-order chi connectivity index (χ0) is 30.5. The summed E-state index contributed by atoms with van der Waals surface area (Å²) in [7, 11) is 0. The second-order valence-electron chi connectivity index (χ2n) is 12.0. The highest BCUT2D eigenvalue weighted by Gasteiger charge is 2.40. The van der Waals surface area contributed by atoms with Crippen LogP contribution in [0, 0.1) is 0 Å². The predicted molar refractivity (Wildman–Crippen MR) is 162 cm³/mol. The molecule has 3 saturated heterocycles. The standard InChI is InChI=1S/C33H41N5O6/c39-30-12-11-28(32(41)35-30)38-22-26-25(33(38)42)4-1-6-29(26)44-17-3-14-37-13-2-5-27(37)31(40)34-20-23-7-9-24(10-8-23)21-36-15-18-43-19-16-36/h1,4,6-10,27-28H,2-3,5,11-22H2,(H,34,40)(H,35,39,41)/t27-,28?/m1/s1. The van der Waals surface area contributed by atoms with Gasteiger partial charge in [0.25, 0.3) is 5.91 Å². The Bertz CT molecular complexity index is 1380. The maximum atomic E-state index is 13.1. The predicted octanol–water partition coefficient (Wildman–Crippen LogP) is 1.83. The lowest BCUT2D eigenvalue weighted by molar-refractivity contribution is -0.137. The highest BCUT2D eigenvalue weighted by atomic mass is 16.5. The van der Waals surface area contributed by atoms with Crippen LogP contribution < -0.4 is 15.4 Å². The van der Waals surface area contributed by atoms with Crippen LogP contribution in [0.1, 0.15) is 59.2 Å². The zero-order valence-electron chi connectivity index (χ0n) is 25.1. The minimum atomic E-state index is -0.654. The molecule has 0 radical (unpaired) electrons. The van der Waals surface area contributed by atoms with E-state index in [2.05, 4.69) is 44.7 Å². The molecule has 0 bridgehead atoms. The Balaban J connectivity index is 0.950. The number of imide groups is 1. The third-order valence-corrected chi connectivity index (χ3v) is 9.05. The number of rotatable bonds is 11. The van der Waals surface area contributed by atoms with Gasteiger partial charge >= 0.3 is 0 Å². The second-order valence-corrected chi connectivity index (χ2v) is 12.0. The monoisotopic (exact) mass is 603 g/mol. The fraction of sp³-hybridized carbons (Fsp3) is 0.515. The minimum Gasteiger partial charge on any atom is -0.493 e. The van der Waals surface area contributed by atoms with Crippen LogP contribution in [0.4, 0.5) is 0 Å². The summed E-state index contributed by atoms with van der Waals surface area (Å²) in [6.45, 7) is 7.28. The Hall–Kier alpha value is -3.80. The van der Waals surface area contributed by atoms with Gasteiger partial charge in [0.15, 0.2) is 0 Å². The molecule has 6 rings (SSSR count). The van der Waals surface area contributed by atoms with E-state index in [-0.39, 0.29) is 36.7 Å². The molecule has 2 aromatic rings. The van der Waals surface area contributed by atoms with Crippen molar-refractivity contribution >= 4 is 23.6 Å². The van der Waals surface area contributed by atoms with Crippen LogP contribution in [0.3, 0.4) is 0 Å². The smallest absolute Gasteiger partial charge is 0.255 e. The molecule has 11 nitrogen and oxygen atoms in total. The summed E-state index contributed by atoms with van der Waals surface area (Å²) in [6.07, 6.45) is 3.11. The van der Waals surface area contributed by atoms with Gasteiger partial charge in [-0.3, -0.25) is 34.3 Å². The van der Waals surface area contributed by atoms with Gasteiger partial charge in [0.1, 0.15) is 11.8 Å². The normalized spacial score (nSPS) is 22.6. The van der Waals surface area contributed by atoms with Crippen molar-refractivity contribution in [2.24, 2.45) is 0 Å². The van der Waals surface area contributed by atoms with Gasteiger partial charge in [0.2, 0.25) is 17.7 Å². The average molecular weight is 604 g/mol. The lowest BCUT2D eigenvalue weighted by atomic mass is 10.0. The van der Waals surface area contributed by atoms with Crippen molar-refractivity contribution in [1.29, 1.82) is 0 Å². The molecule has 44 heavy (non-hydrogen) atoms. The maximum absolute atomic E-state index is 13.1. The van der Waals surface area contributed by atoms with Gasteiger partial charge in [-0.25, -0.2) is 0 Å². The molecule has 4 amide bonds. The fourth-order valence-corrected chi connectivity index (χ4v) is 6.62. The molecule has 4 aliphatic heterocycles. The number of fused-ring (bicyclic) bond motifs is 1. The van der Waals surface area contributed by atoms with E-state index in [0.717, 1.165) is 76.3 Å². The number of hydrogen-bond donors (Lipinski definition) is 2. The maximum Gasteiger partial charge on any atom is 0.255 e.